The summed E-state index contributed by atoms with van der Waals surface area (Å²) < 4.78 is 5.65. The zero-order chi connectivity index (χ0) is 18.2. The maximum Gasteiger partial charge on any atom is 0.310 e. The molecule has 0 N–H and O–H groups in total. The van der Waals surface area contributed by atoms with Crippen LogP contribution in [0.5, 0.6) is 0 Å². The predicted molar refractivity (Wildman–Crippen MR) is 107 cm³/mol. The standard InChI is InChI=1S/C23H38O2/c1-3-5-6-7-8-9-10-11-12-16-19-22(4-2)25-23(24)20-21-17-14-13-15-18-21/h13-15,17-18,22H,3-12,16,19-20H2,1-2H3. The van der Waals surface area contributed by atoms with Gasteiger partial charge >= 0.3 is 5.97 Å². The van der Waals surface area contributed by atoms with E-state index in [4.69, 9.17) is 4.74 Å². The molecule has 0 radical (unpaired) electrons. The van der Waals surface area contributed by atoms with Crippen molar-refractivity contribution in [3.05, 3.63) is 35.9 Å². The molecule has 0 aromatic heterocycles. The van der Waals surface area contributed by atoms with Gasteiger partial charge < -0.3 is 4.74 Å². The predicted octanol–water partition coefficient (Wildman–Crippen LogP) is 6.86. The van der Waals surface area contributed by atoms with Crippen molar-refractivity contribution in [3.8, 4) is 0 Å². The lowest BCUT2D eigenvalue weighted by molar-refractivity contribution is -0.148. The van der Waals surface area contributed by atoms with Gasteiger partial charge in [-0.1, -0.05) is 102 Å². The first-order valence-electron chi connectivity index (χ1n) is 10.5. The van der Waals surface area contributed by atoms with Crippen molar-refractivity contribution in [2.75, 3.05) is 0 Å². The minimum absolute atomic E-state index is 0.0882. The summed E-state index contributed by atoms with van der Waals surface area (Å²) >= 11 is 0. The molecule has 1 aromatic carbocycles. The SMILES string of the molecule is CCCCCCCCCCCCC(CC)OC(=O)Cc1ccccc1. The zero-order valence-corrected chi connectivity index (χ0v) is 16.5. The Morgan fingerprint density at radius 2 is 1.40 bits per heavy atom. The van der Waals surface area contributed by atoms with Crippen LogP contribution < -0.4 is 0 Å². The van der Waals surface area contributed by atoms with Crippen LogP contribution in [-0.4, -0.2) is 12.1 Å². The number of unbranched alkanes of at least 4 members (excludes halogenated alkanes) is 9. The van der Waals surface area contributed by atoms with Crippen LogP contribution in [0, 0.1) is 0 Å². The van der Waals surface area contributed by atoms with Crippen LogP contribution in [0.4, 0.5) is 0 Å². The molecular formula is C23H38O2. The molecule has 0 saturated heterocycles. The molecule has 1 unspecified atom stereocenters. The topological polar surface area (TPSA) is 26.3 Å². The van der Waals surface area contributed by atoms with Gasteiger partial charge in [-0.15, -0.1) is 0 Å². The Morgan fingerprint density at radius 1 is 0.840 bits per heavy atom. The number of hydrogen-bond acceptors (Lipinski definition) is 2. The summed E-state index contributed by atoms with van der Waals surface area (Å²) in [5, 5.41) is 0. The van der Waals surface area contributed by atoms with E-state index in [1.807, 2.05) is 30.3 Å². The molecule has 2 heteroatoms. The number of rotatable bonds is 15. The Balaban J connectivity index is 2.03. The molecule has 1 aromatic rings. The van der Waals surface area contributed by atoms with E-state index in [0.717, 1.165) is 18.4 Å². The van der Waals surface area contributed by atoms with Gasteiger partial charge in [0.05, 0.1) is 6.42 Å². The second kappa shape index (κ2) is 15.0. The summed E-state index contributed by atoms with van der Waals surface area (Å²) in [7, 11) is 0. The molecule has 0 aliphatic carbocycles. The van der Waals surface area contributed by atoms with Crippen molar-refractivity contribution >= 4 is 5.97 Å². The third-order valence-corrected chi connectivity index (χ3v) is 4.82. The first-order valence-corrected chi connectivity index (χ1v) is 10.5. The normalized spacial score (nSPS) is 12.1. The summed E-state index contributed by atoms with van der Waals surface area (Å²) in [4.78, 5) is 12.0. The van der Waals surface area contributed by atoms with Crippen molar-refractivity contribution in [1.29, 1.82) is 0 Å². The van der Waals surface area contributed by atoms with Crippen molar-refractivity contribution in [3.63, 3.8) is 0 Å². The molecule has 0 spiro atoms. The number of hydrogen-bond donors (Lipinski definition) is 0. The summed E-state index contributed by atoms with van der Waals surface area (Å²) in [5.74, 6) is -0.0925. The van der Waals surface area contributed by atoms with Crippen LogP contribution in [0.3, 0.4) is 0 Å². The lowest BCUT2D eigenvalue weighted by Gasteiger charge is -2.16. The van der Waals surface area contributed by atoms with E-state index in [0.29, 0.717) is 6.42 Å². The molecule has 0 bridgehead atoms. The largest absolute Gasteiger partial charge is 0.462 e. The Hall–Kier alpha value is -1.31. The van der Waals surface area contributed by atoms with E-state index < -0.39 is 0 Å². The van der Waals surface area contributed by atoms with Crippen LogP contribution in [0.25, 0.3) is 0 Å². The van der Waals surface area contributed by atoms with Gasteiger partial charge in [-0.2, -0.15) is 0 Å². The molecule has 0 aliphatic heterocycles. The third-order valence-electron chi connectivity index (χ3n) is 4.82. The molecule has 0 heterocycles. The second-order valence-corrected chi connectivity index (χ2v) is 7.15. The van der Waals surface area contributed by atoms with Gasteiger partial charge in [-0.3, -0.25) is 4.79 Å². The Kier molecular flexibility index (Phi) is 13.0. The molecule has 0 saturated carbocycles. The maximum absolute atomic E-state index is 12.0. The molecule has 2 nitrogen and oxygen atoms in total. The first kappa shape index (κ1) is 21.7. The molecule has 25 heavy (non-hydrogen) atoms. The molecule has 1 atom stereocenters. The Bertz CT molecular complexity index is 427. The highest BCUT2D eigenvalue weighted by atomic mass is 16.5. The highest BCUT2D eigenvalue weighted by molar-refractivity contribution is 5.72. The van der Waals surface area contributed by atoms with E-state index in [2.05, 4.69) is 13.8 Å². The monoisotopic (exact) mass is 346 g/mol. The van der Waals surface area contributed by atoms with Gasteiger partial charge in [-0.05, 0) is 24.8 Å². The lowest BCUT2D eigenvalue weighted by atomic mass is 10.0. The minimum Gasteiger partial charge on any atom is -0.462 e. The van der Waals surface area contributed by atoms with E-state index in [9.17, 15) is 4.79 Å². The number of carbonyl (C=O) groups excluding carboxylic acids is 1. The van der Waals surface area contributed by atoms with Crippen LogP contribution in [-0.2, 0) is 16.0 Å². The molecule has 142 valence electrons. The first-order chi connectivity index (χ1) is 12.3. The van der Waals surface area contributed by atoms with E-state index in [-0.39, 0.29) is 12.1 Å². The quantitative estimate of drug-likeness (QED) is 0.256. The van der Waals surface area contributed by atoms with Gasteiger partial charge in [0.15, 0.2) is 0 Å². The highest BCUT2D eigenvalue weighted by Crippen LogP contribution is 2.15. The van der Waals surface area contributed by atoms with Gasteiger partial charge in [0.25, 0.3) is 0 Å². The summed E-state index contributed by atoms with van der Waals surface area (Å²) in [6.07, 6.45) is 15.8. The number of ether oxygens (including phenoxy) is 1. The van der Waals surface area contributed by atoms with Gasteiger partial charge in [0, 0.05) is 0 Å². The minimum atomic E-state index is -0.0925. The molecule has 0 amide bonds. The fraction of sp³-hybridized carbons (Fsp3) is 0.696. The van der Waals surface area contributed by atoms with Crippen molar-refractivity contribution < 1.29 is 9.53 Å². The van der Waals surface area contributed by atoms with Gasteiger partial charge in [0.1, 0.15) is 6.10 Å². The van der Waals surface area contributed by atoms with Crippen LogP contribution >= 0.6 is 0 Å². The van der Waals surface area contributed by atoms with Crippen LogP contribution in [0.2, 0.25) is 0 Å². The summed E-state index contributed by atoms with van der Waals surface area (Å²) in [6.45, 7) is 4.37. The van der Waals surface area contributed by atoms with E-state index in [1.165, 1.54) is 64.2 Å². The van der Waals surface area contributed by atoms with Crippen LogP contribution in [0.1, 0.15) is 96.5 Å². The average Bonchev–Trinajstić information content (AvgIpc) is 2.63. The molecule has 0 fully saturated rings. The van der Waals surface area contributed by atoms with Crippen molar-refractivity contribution in [2.24, 2.45) is 0 Å². The third kappa shape index (κ3) is 11.8. The fourth-order valence-corrected chi connectivity index (χ4v) is 3.20. The number of benzene rings is 1. The summed E-state index contributed by atoms with van der Waals surface area (Å²) in [6, 6.07) is 9.84. The molecule has 0 aliphatic rings. The van der Waals surface area contributed by atoms with E-state index >= 15 is 0 Å². The van der Waals surface area contributed by atoms with Crippen molar-refractivity contribution in [1.82, 2.24) is 0 Å². The molecule has 1 rings (SSSR count). The zero-order valence-electron chi connectivity index (χ0n) is 16.5. The number of esters is 1. The average molecular weight is 347 g/mol. The smallest absolute Gasteiger partial charge is 0.310 e. The number of carbonyl (C=O) groups is 1. The Labute approximate surface area is 155 Å². The summed E-state index contributed by atoms with van der Waals surface area (Å²) in [5.41, 5.74) is 1.03. The molecular weight excluding hydrogens is 308 g/mol. The van der Waals surface area contributed by atoms with Gasteiger partial charge in [-0.25, -0.2) is 0 Å². The van der Waals surface area contributed by atoms with Crippen molar-refractivity contribution in [2.45, 2.75) is 103 Å². The fourth-order valence-electron chi connectivity index (χ4n) is 3.20. The van der Waals surface area contributed by atoms with Gasteiger partial charge in [0.2, 0.25) is 0 Å². The second-order valence-electron chi connectivity index (χ2n) is 7.15. The maximum atomic E-state index is 12.0. The van der Waals surface area contributed by atoms with E-state index in [1.54, 1.807) is 0 Å². The highest BCUT2D eigenvalue weighted by Gasteiger charge is 2.12. The Morgan fingerprint density at radius 3 is 1.96 bits per heavy atom. The van der Waals surface area contributed by atoms with Crippen LogP contribution in [0.15, 0.2) is 30.3 Å². The lowest BCUT2D eigenvalue weighted by Crippen LogP contribution is -2.19.